The molecular weight excluding hydrogens is 246 g/mol. The predicted molar refractivity (Wildman–Crippen MR) is 72.2 cm³/mol. The van der Waals surface area contributed by atoms with Crippen LogP contribution >= 0.6 is 0 Å². The van der Waals surface area contributed by atoms with Crippen LogP contribution in [-0.4, -0.2) is 38.1 Å². The number of hydrogen-bond acceptors (Lipinski definition) is 4. The minimum absolute atomic E-state index is 0.0135. The molecule has 0 radical (unpaired) electrons. The lowest BCUT2D eigenvalue weighted by Gasteiger charge is -2.29. The number of carbonyl (C=O) groups is 2. The van der Waals surface area contributed by atoms with Gasteiger partial charge >= 0.3 is 0 Å². The van der Waals surface area contributed by atoms with Gasteiger partial charge in [0.05, 0.1) is 12.0 Å². The number of amides is 2. The van der Waals surface area contributed by atoms with Gasteiger partial charge in [0.2, 0.25) is 11.8 Å². The zero-order valence-corrected chi connectivity index (χ0v) is 11.5. The second-order valence-electron chi connectivity index (χ2n) is 5.17. The molecule has 1 saturated carbocycles. The summed E-state index contributed by atoms with van der Waals surface area (Å²) in [4.78, 5) is 22.7. The van der Waals surface area contributed by atoms with Crippen molar-refractivity contribution in [2.75, 3.05) is 26.3 Å². The Kier molecular flexibility index (Phi) is 6.80. The van der Waals surface area contributed by atoms with Gasteiger partial charge in [-0.05, 0) is 12.8 Å². The average Bonchev–Trinajstić information content (AvgIpc) is 2.64. The highest BCUT2D eigenvalue weighted by Crippen LogP contribution is 2.34. The summed E-state index contributed by atoms with van der Waals surface area (Å²) in [7, 11) is 0. The van der Waals surface area contributed by atoms with Crippen LogP contribution in [0.5, 0.6) is 0 Å². The highest BCUT2D eigenvalue weighted by atomic mass is 16.5. The van der Waals surface area contributed by atoms with E-state index in [4.69, 9.17) is 16.2 Å². The van der Waals surface area contributed by atoms with Crippen molar-refractivity contribution < 1.29 is 14.3 Å². The topological polar surface area (TPSA) is 107 Å². The number of rotatable bonds is 7. The third-order valence-corrected chi connectivity index (χ3v) is 3.71. The predicted octanol–water partition coefficient (Wildman–Crippen LogP) is -0.0962. The monoisotopic (exact) mass is 271 g/mol. The third kappa shape index (κ3) is 5.16. The van der Waals surface area contributed by atoms with Crippen molar-refractivity contribution in [3.8, 4) is 0 Å². The fourth-order valence-electron chi connectivity index (χ4n) is 2.53. The summed E-state index contributed by atoms with van der Waals surface area (Å²) in [6.45, 7) is 0.947. The molecule has 110 valence electrons. The van der Waals surface area contributed by atoms with Crippen molar-refractivity contribution in [2.24, 2.45) is 16.9 Å². The third-order valence-electron chi connectivity index (χ3n) is 3.71. The Morgan fingerprint density at radius 2 is 1.79 bits per heavy atom. The van der Waals surface area contributed by atoms with E-state index in [1.807, 2.05) is 0 Å². The Balaban J connectivity index is 2.34. The first-order chi connectivity index (χ1) is 9.10. The average molecular weight is 271 g/mol. The zero-order valence-electron chi connectivity index (χ0n) is 11.5. The maximum absolute atomic E-state index is 12.3. The number of nitrogens with two attached hydrogens (primary N) is 2. The van der Waals surface area contributed by atoms with Gasteiger partial charge in [-0.1, -0.05) is 25.7 Å². The number of ether oxygens (including phenoxy) is 1. The van der Waals surface area contributed by atoms with Crippen LogP contribution in [0.2, 0.25) is 0 Å². The van der Waals surface area contributed by atoms with Gasteiger partial charge in [-0.25, -0.2) is 0 Å². The second kappa shape index (κ2) is 8.12. The fraction of sp³-hybridized carbons (Fsp3) is 0.846. The van der Waals surface area contributed by atoms with Gasteiger partial charge in [0.25, 0.3) is 0 Å². The molecule has 6 nitrogen and oxygen atoms in total. The number of carbonyl (C=O) groups excluding carboxylic acids is 2. The molecular formula is C13H25N3O3. The maximum Gasteiger partial charge on any atom is 0.243 e. The number of nitrogens with one attached hydrogen (secondary N) is 1. The fourth-order valence-corrected chi connectivity index (χ4v) is 2.53. The molecule has 0 heterocycles. The standard InChI is InChI=1S/C13H25N3O3/c14-10-13(5-3-1-2-4-6-13)12(18)16-7-8-19-9-11(15)17/h1-10,14H2,(H2,15,17)(H,16,18). The van der Waals surface area contributed by atoms with Crippen molar-refractivity contribution in [3.63, 3.8) is 0 Å². The van der Waals surface area contributed by atoms with E-state index in [-0.39, 0.29) is 19.1 Å². The van der Waals surface area contributed by atoms with E-state index in [0.29, 0.717) is 13.1 Å². The van der Waals surface area contributed by atoms with Crippen molar-refractivity contribution in [2.45, 2.75) is 38.5 Å². The van der Waals surface area contributed by atoms with Crippen LogP contribution in [0.25, 0.3) is 0 Å². The Bertz CT molecular complexity index is 300. The van der Waals surface area contributed by atoms with Crippen LogP contribution < -0.4 is 16.8 Å². The Labute approximate surface area is 114 Å². The Morgan fingerprint density at radius 1 is 1.16 bits per heavy atom. The molecule has 19 heavy (non-hydrogen) atoms. The van der Waals surface area contributed by atoms with Gasteiger partial charge in [0.15, 0.2) is 0 Å². The molecule has 1 aliphatic carbocycles. The molecule has 6 heteroatoms. The largest absolute Gasteiger partial charge is 0.370 e. The van der Waals surface area contributed by atoms with Crippen LogP contribution in [0.15, 0.2) is 0 Å². The summed E-state index contributed by atoms with van der Waals surface area (Å²) < 4.78 is 5.00. The molecule has 0 aromatic heterocycles. The van der Waals surface area contributed by atoms with Gasteiger partial charge in [0, 0.05) is 13.1 Å². The maximum atomic E-state index is 12.3. The summed E-state index contributed by atoms with van der Waals surface area (Å²) in [6, 6.07) is 0. The number of primary amides is 1. The van der Waals surface area contributed by atoms with E-state index in [1.54, 1.807) is 0 Å². The summed E-state index contributed by atoms with van der Waals surface area (Å²) in [6.07, 6.45) is 6.19. The van der Waals surface area contributed by atoms with Gasteiger partial charge in [-0.3, -0.25) is 9.59 Å². The first-order valence-electron chi connectivity index (χ1n) is 6.95. The van der Waals surface area contributed by atoms with E-state index in [1.165, 1.54) is 12.8 Å². The van der Waals surface area contributed by atoms with Gasteiger partial charge in [-0.15, -0.1) is 0 Å². The summed E-state index contributed by atoms with van der Waals surface area (Å²) in [5.74, 6) is -0.493. The minimum Gasteiger partial charge on any atom is -0.370 e. The molecule has 1 aliphatic rings. The molecule has 1 fully saturated rings. The van der Waals surface area contributed by atoms with E-state index >= 15 is 0 Å². The normalized spacial score (nSPS) is 18.6. The van der Waals surface area contributed by atoms with E-state index in [2.05, 4.69) is 5.32 Å². The summed E-state index contributed by atoms with van der Waals surface area (Å²) in [5, 5.41) is 2.85. The quantitative estimate of drug-likeness (QED) is 0.444. The van der Waals surface area contributed by atoms with Crippen LogP contribution in [0.3, 0.4) is 0 Å². The highest BCUT2D eigenvalue weighted by Gasteiger charge is 2.36. The molecule has 0 unspecified atom stereocenters. The SMILES string of the molecule is NCC1(C(=O)NCCOCC(N)=O)CCCCCC1. The van der Waals surface area contributed by atoms with Crippen LogP contribution in [-0.2, 0) is 14.3 Å². The zero-order chi connectivity index (χ0) is 14.1. The van der Waals surface area contributed by atoms with Crippen molar-refractivity contribution in [1.82, 2.24) is 5.32 Å². The number of hydrogen-bond donors (Lipinski definition) is 3. The van der Waals surface area contributed by atoms with Crippen molar-refractivity contribution in [3.05, 3.63) is 0 Å². The lowest BCUT2D eigenvalue weighted by atomic mass is 9.79. The molecule has 0 saturated heterocycles. The minimum atomic E-state index is -0.506. The first kappa shape index (κ1) is 15.9. The van der Waals surface area contributed by atoms with Crippen LogP contribution in [0.1, 0.15) is 38.5 Å². The van der Waals surface area contributed by atoms with Crippen molar-refractivity contribution >= 4 is 11.8 Å². The van der Waals surface area contributed by atoms with Crippen molar-refractivity contribution in [1.29, 1.82) is 0 Å². The van der Waals surface area contributed by atoms with E-state index in [9.17, 15) is 9.59 Å². The molecule has 0 aromatic rings. The molecule has 1 rings (SSSR count). The van der Waals surface area contributed by atoms with E-state index in [0.717, 1.165) is 25.7 Å². The second-order valence-corrected chi connectivity index (χ2v) is 5.17. The molecule has 0 bridgehead atoms. The molecule has 0 aromatic carbocycles. The Hall–Kier alpha value is -1.14. The lowest BCUT2D eigenvalue weighted by molar-refractivity contribution is -0.131. The molecule has 2 amide bonds. The molecule has 0 atom stereocenters. The lowest BCUT2D eigenvalue weighted by Crippen LogP contribution is -2.46. The summed E-state index contributed by atoms with van der Waals surface area (Å²) in [5.41, 5.74) is 10.4. The van der Waals surface area contributed by atoms with E-state index < -0.39 is 11.3 Å². The van der Waals surface area contributed by atoms with Gasteiger partial charge < -0.3 is 21.5 Å². The molecule has 0 spiro atoms. The molecule has 5 N–H and O–H groups in total. The molecule has 0 aliphatic heterocycles. The smallest absolute Gasteiger partial charge is 0.243 e. The Morgan fingerprint density at radius 3 is 2.32 bits per heavy atom. The van der Waals surface area contributed by atoms with Crippen LogP contribution in [0.4, 0.5) is 0 Å². The van der Waals surface area contributed by atoms with Crippen LogP contribution in [0, 0.1) is 5.41 Å². The first-order valence-corrected chi connectivity index (χ1v) is 6.95. The highest BCUT2D eigenvalue weighted by molar-refractivity contribution is 5.82. The summed E-state index contributed by atoms with van der Waals surface area (Å²) >= 11 is 0. The van der Waals surface area contributed by atoms with Gasteiger partial charge in [-0.2, -0.15) is 0 Å². The van der Waals surface area contributed by atoms with Gasteiger partial charge in [0.1, 0.15) is 6.61 Å².